The molecule has 152 valence electrons. The molecule has 1 saturated heterocycles. The van der Waals surface area contributed by atoms with Crippen molar-refractivity contribution in [2.24, 2.45) is 0 Å². The van der Waals surface area contributed by atoms with Gasteiger partial charge in [0.15, 0.2) is 5.76 Å². The van der Waals surface area contributed by atoms with Gasteiger partial charge in [-0.3, -0.25) is 9.48 Å². The average Bonchev–Trinajstić information content (AvgIpc) is 3.14. The molecule has 1 aliphatic heterocycles. The molecule has 0 unspecified atom stereocenters. The van der Waals surface area contributed by atoms with E-state index in [1.807, 2.05) is 27.0 Å². The zero-order valence-corrected chi connectivity index (χ0v) is 17.9. The Morgan fingerprint density at radius 1 is 1.18 bits per heavy atom. The fraction of sp³-hybridized carbons (Fsp3) is 0.526. The standard InChI is InChI=1S/C19H25BrN4O4/c1-19(2,3)28-18(26)23-8-4-7-22(9-10-23)17(25)16-6-5-15(27-16)13-24-12-14(20)11-21-24/h5-6,11-12H,4,7-10,13H2,1-3H3. The van der Waals surface area contributed by atoms with Crippen LogP contribution in [-0.4, -0.2) is 63.4 Å². The fourth-order valence-corrected chi connectivity index (χ4v) is 3.28. The minimum Gasteiger partial charge on any atom is -0.454 e. The number of halogens is 1. The van der Waals surface area contributed by atoms with Crippen LogP contribution < -0.4 is 0 Å². The van der Waals surface area contributed by atoms with Crippen LogP contribution in [0.15, 0.2) is 33.4 Å². The smallest absolute Gasteiger partial charge is 0.410 e. The molecular formula is C19H25BrN4O4. The lowest BCUT2D eigenvalue weighted by molar-refractivity contribution is 0.0255. The van der Waals surface area contributed by atoms with Crippen LogP contribution in [-0.2, 0) is 11.3 Å². The lowest BCUT2D eigenvalue weighted by Crippen LogP contribution is -2.40. The third-order valence-electron chi connectivity index (χ3n) is 4.23. The fourth-order valence-electron chi connectivity index (χ4n) is 2.95. The number of rotatable bonds is 3. The van der Waals surface area contributed by atoms with Gasteiger partial charge < -0.3 is 19.0 Å². The van der Waals surface area contributed by atoms with E-state index in [2.05, 4.69) is 21.0 Å². The summed E-state index contributed by atoms with van der Waals surface area (Å²) in [5, 5.41) is 4.18. The van der Waals surface area contributed by atoms with Crippen molar-refractivity contribution in [3.8, 4) is 0 Å². The summed E-state index contributed by atoms with van der Waals surface area (Å²) in [6.45, 7) is 8.00. The van der Waals surface area contributed by atoms with Crippen LogP contribution in [0.25, 0.3) is 0 Å². The van der Waals surface area contributed by atoms with E-state index >= 15 is 0 Å². The number of carbonyl (C=O) groups is 2. The minimum absolute atomic E-state index is 0.168. The van der Waals surface area contributed by atoms with Gasteiger partial charge in [0.2, 0.25) is 0 Å². The van der Waals surface area contributed by atoms with Crippen LogP contribution in [0.5, 0.6) is 0 Å². The summed E-state index contributed by atoms with van der Waals surface area (Å²) < 4.78 is 13.8. The highest BCUT2D eigenvalue weighted by Gasteiger charge is 2.27. The van der Waals surface area contributed by atoms with Crippen molar-refractivity contribution >= 4 is 27.9 Å². The number of hydrogen-bond donors (Lipinski definition) is 0. The highest BCUT2D eigenvalue weighted by molar-refractivity contribution is 9.10. The number of carbonyl (C=O) groups excluding carboxylic acids is 2. The number of aromatic nitrogens is 2. The van der Waals surface area contributed by atoms with Crippen molar-refractivity contribution in [3.63, 3.8) is 0 Å². The van der Waals surface area contributed by atoms with Crippen molar-refractivity contribution in [3.05, 3.63) is 40.5 Å². The van der Waals surface area contributed by atoms with Crippen LogP contribution in [0.2, 0.25) is 0 Å². The highest BCUT2D eigenvalue weighted by Crippen LogP contribution is 2.16. The minimum atomic E-state index is -0.534. The first-order chi connectivity index (χ1) is 13.2. The first-order valence-corrected chi connectivity index (χ1v) is 10.0. The predicted octanol–water partition coefficient (Wildman–Crippen LogP) is 3.37. The normalized spacial score (nSPS) is 15.4. The molecule has 2 aromatic heterocycles. The second kappa shape index (κ2) is 8.38. The maximum absolute atomic E-state index is 12.8. The number of hydrogen-bond acceptors (Lipinski definition) is 5. The summed E-state index contributed by atoms with van der Waals surface area (Å²) in [5.41, 5.74) is -0.534. The Morgan fingerprint density at radius 2 is 1.89 bits per heavy atom. The van der Waals surface area contributed by atoms with Crippen LogP contribution in [0, 0.1) is 0 Å². The molecule has 28 heavy (non-hydrogen) atoms. The van der Waals surface area contributed by atoms with Crippen LogP contribution in [0.3, 0.4) is 0 Å². The quantitative estimate of drug-likeness (QED) is 0.712. The zero-order chi connectivity index (χ0) is 20.3. The van der Waals surface area contributed by atoms with Gasteiger partial charge in [-0.2, -0.15) is 5.10 Å². The SMILES string of the molecule is CC(C)(C)OC(=O)N1CCCN(C(=O)c2ccc(Cn3cc(Br)cn3)o2)CC1. The van der Waals surface area contributed by atoms with Crippen molar-refractivity contribution in [2.45, 2.75) is 39.3 Å². The molecule has 9 heteroatoms. The van der Waals surface area contributed by atoms with E-state index in [9.17, 15) is 9.59 Å². The molecule has 3 heterocycles. The van der Waals surface area contributed by atoms with E-state index < -0.39 is 5.60 Å². The predicted molar refractivity (Wildman–Crippen MR) is 106 cm³/mol. The second-order valence-electron chi connectivity index (χ2n) is 7.74. The largest absolute Gasteiger partial charge is 0.454 e. The average molecular weight is 453 g/mol. The summed E-state index contributed by atoms with van der Waals surface area (Å²) in [5.74, 6) is 0.787. The molecule has 0 bridgehead atoms. The molecule has 2 amide bonds. The molecular weight excluding hydrogens is 428 g/mol. The van der Waals surface area contributed by atoms with E-state index in [4.69, 9.17) is 9.15 Å². The van der Waals surface area contributed by atoms with Gasteiger partial charge in [0.05, 0.1) is 17.2 Å². The molecule has 0 aromatic carbocycles. The molecule has 1 fully saturated rings. The maximum Gasteiger partial charge on any atom is 0.410 e. The van der Waals surface area contributed by atoms with Crippen molar-refractivity contribution in [1.82, 2.24) is 19.6 Å². The third-order valence-corrected chi connectivity index (χ3v) is 4.64. The van der Waals surface area contributed by atoms with Gasteiger partial charge in [-0.1, -0.05) is 0 Å². The molecule has 0 saturated carbocycles. The van der Waals surface area contributed by atoms with Gasteiger partial charge in [-0.05, 0) is 55.3 Å². The number of furan rings is 1. The lowest BCUT2D eigenvalue weighted by Gasteiger charge is -2.26. The topological polar surface area (TPSA) is 80.8 Å². The highest BCUT2D eigenvalue weighted by atomic mass is 79.9. The van der Waals surface area contributed by atoms with Gasteiger partial charge >= 0.3 is 6.09 Å². The Labute approximate surface area is 172 Å². The summed E-state index contributed by atoms with van der Waals surface area (Å²) >= 11 is 3.35. The molecule has 0 radical (unpaired) electrons. The molecule has 3 rings (SSSR count). The summed E-state index contributed by atoms with van der Waals surface area (Å²) in [6, 6.07) is 3.47. The zero-order valence-electron chi connectivity index (χ0n) is 16.4. The number of amides is 2. The van der Waals surface area contributed by atoms with E-state index in [1.165, 1.54) is 0 Å². The first-order valence-electron chi connectivity index (χ1n) is 9.25. The van der Waals surface area contributed by atoms with E-state index in [1.54, 1.807) is 32.8 Å². The monoisotopic (exact) mass is 452 g/mol. The Balaban J connectivity index is 1.58. The Hall–Kier alpha value is -2.29. The Kier molecular flexibility index (Phi) is 6.12. The van der Waals surface area contributed by atoms with E-state index in [0.29, 0.717) is 50.7 Å². The van der Waals surface area contributed by atoms with Crippen LogP contribution >= 0.6 is 15.9 Å². The lowest BCUT2D eigenvalue weighted by atomic mass is 10.2. The van der Waals surface area contributed by atoms with Gasteiger partial charge in [0.1, 0.15) is 11.4 Å². The van der Waals surface area contributed by atoms with Crippen LogP contribution in [0.1, 0.15) is 43.5 Å². The van der Waals surface area contributed by atoms with Crippen LogP contribution in [0.4, 0.5) is 4.79 Å². The number of nitrogens with zero attached hydrogens (tertiary/aromatic N) is 4. The summed E-state index contributed by atoms with van der Waals surface area (Å²) in [7, 11) is 0. The molecule has 2 aromatic rings. The van der Waals surface area contributed by atoms with Gasteiger partial charge in [-0.15, -0.1) is 0 Å². The van der Waals surface area contributed by atoms with E-state index in [-0.39, 0.29) is 12.0 Å². The van der Waals surface area contributed by atoms with Crippen molar-refractivity contribution < 1.29 is 18.7 Å². The van der Waals surface area contributed by atoms with Crippen molar-refractivity contribution in [2.75, 3.05) is 26.2 Å². The molecule has 0 spiro atoms. The molecule has 0 N–H and O–H groups in total. The maximum atomic E-state index is 12.8. The molecule has 0 aliphatic carbocycles. The van der Waals surface area contributed by atoms with Gasteiger partial charge in [0, 0.05) is 32.4 Å². The second-order valence-corrected chi connectivity index (χ2v) is 8.65. The van der Waals surface area contributed by atoms with Gasteiger partial charge in [0.25, 0.3) is 5.91 Å². The molecule has 8 nitrogen and oxygen atoms in total. The number of ether oxygens (including phenoxy) is 1. The van der Waals surface area contributed by atoms with Crippen molar-refractivity contribution in [1.29, 1.82) is 0 Å². The van der Waals surface area contributed by atoms with E-state index in [0.717, 1.165) is 4.47 Å². The summed E-state index contributed by atoms with van der Waals surface area (Å²) in [4.78, 5) is 28.4. The summed E-state index contributed by atoms with van der Waals surface area (Å²) in [6.07, 6.45) is 3.89. The van der Waals surface area contributed by atoms with Gasteiger partial charge in [-0.25, -0.2) is 4.79 Å². The molecule has 1 aliphatic rings. The Bertz CT molecular complexity index is 839. The third kappa shape index (κ3) is 5.37. The Morgan fingerprint density at radius 3 is 2.57 bits per heavy atom. The first kappa shape index (κ1) is 20.4. The molecule has 0 atom stereocenters.